The second-order valence-electron chi connectivity index (χ2n) is 6.03. The molecule has 6 fully saturated rings. The Morgan fingerprint density at radius 1 is 1.27 bits per heavy atom. The molecule has 1 spiro atoms. The Balaban J connectivity index is 1.69. The van der Waals surface area contributed by atoms with Crippen LogP contribution >= 0.6 is 0 Å². The van der Waals surface area contributed by atoms with Crippen molar-refractivity contribution >= 4 is 5.97 Å². The van der Waals surface area contributed by atoms with Crippen molar-refractivity contribution in [1.29, 1.82) is 0 Å². The van der Waals surface area contributed by atoms with E-state index in [0.717, 1.165) is 30.6 Å². The number of ether oxygens (including phenoxy) is 1. The van der Waals surface area contributed by atoms with E-state index in [1.807, 2.05) is 0 Å². The molecule has 15 heavy (non-hydrogen) atoms. The Labute approximate surface area is 89.7 Å². The minimum atomic E-state index is -0.128. The highest BCUT2D eigenvalue weighted by molar-refractivity contribution is 5.90. The predicted molar refractivity (Wildman–Crippen MR) is 55.0 cm³/mol. The van der Waals surface area contributed by atoms with Crippen molar-refractivity contribution in [2.45, 2.75) is 37.7 Å². The first-order valence-corrected chi connectivity index (χ1v) is 6.09. The third-order valence-corrected chi connectivity index (χ3v) is 5.41. The maximum absolute atomic E-state index is 11.5. The van der Waals surface area contributed by atoms with E-state index in [9.17, 15) is 4.79 Å². The predicted octanol–water partition coefficient (Wildman–Crippen LogP) is 2.29. The average molecular weight is 204 g/mol. The summed E-state index contributed by atoms with van der Waals surface area (Å²) < 4.78 is 5.67. The number of rotatable bonds is 0. The summed E-state index contributed by atoms with van der Waals surface area (Å²) in [6.07, 6.45) is 6.01. The third-order valence-electron chi connectivity index (χ3n) is 5.41. The first-order chi connectivity index (χ1) is 7.18. The van der Waals surface area contributed by atoms with Crippen LogP contribution in [-0.2, 0) is 9.53 Å². The van der Waals surface area contributed by atoms with Crippen molar-refractivity contribution in [1.82, 2.24) is 0 Å². The molecule has 0 aromatic rings. The molecular formula is C13H16O2. The molecule has 0 N–H and O–H groups in total. The molecular weight excluding hydrogens is 188 g/mol. The molecule has 3 unspecified atom stereocenters. The van der Waals surface area contributed by atoms with E-state index < -0.39 is 0 Å². The Morgan fingerprint density at radius 2 is 2.00 bits per heavy atom. The second kappa shape index (κ2) is 2.31. The number of hydrogen-bond donors (Lipinski definition) is 0. The van der Waals surface area contributed by atoms with E-state index in [1.54, 1.807) is 0 Å². The van der Waals surface area contributed by atoms with Crippen molar-refractivity contribution in [3.05, 3.63) is 12.2 Å². The largest absolute Gasteiger partial charge is 0.455 e. The standard InChI is InChI=1S/C13H16O2/c1-7-5-13(15-12(7)14)6-11-8-2-9(11)4-10(13)3-8/h8-11H,1-6H2. The molecule has 0 amide bonds. The van der Waals surface area contributed by atoms with E-state index in [2.05, 4.69) is 6.58 Å². The van der Waals surface area contributed by atoms with Gasteiger partial charge in [-0.25, -0.2) is 4.79 Å². The minimum Gasteiger partial charge on any atom is -0.455 e. The van der Waals surface area contributed by atoms with Crippen LogP contribution in [0.4, 0.5) is 0 Å². The normalized spacial score (nSPS) is 55.7. The Morgan fingerprint density at radius 3 is 2.47 bits per heavy atom. The van der Waals surface area contributed by atoms with Crippen LogP contribution in [0.25, 0.3) is 0 Å². The maximum Gasteiger partial charge on any atom is 0.334 e. The van der Waals surface area contributed by atoms with Crippen molar-refractivity contribution in [2.75, 3.05) is 0 Å². The summed E-state index contributed by atoms with van der Waals surface area (Å²) in [5.41, 5.74) is 0.600. The molecule has 6 aliphatic rings. The minimum absolute atomic E-state index is 0.105. The van der Waals surface area contributed by atoms with Gasteiger partial charge in [0.2, 0.25) is 0 Å². The zero-order valence-electron chi connectivity index (χ0n) is 8.87. The summed E-state index contributed by atoms with van der Waals surface area (Å²) in [6, 6.07) is 0. The summed E-state index contributed by atoms with van der Waals surface area (Å²) in [4.78, 5) is 11.5. The maximum atomic E-state index is 11.5. The van der Waals surface area contributed by atoms with E-state index in [-0.39, 0.29) is 11.6 Å². The van der Waals surface area contributed by atoms with Gasteiger partial charge in [0.15, 0.2) is 0 Å². The summed E-state index contributed by atoms with van der Waals surface area (Å²) in [7, 11) is 0. The average Bonchev–Trinajstić information content (AvgIpc) is 2.51. The SMILES string of the molecule is C=C1CC2(CC3C4CC3CC2C4)OC1=O. The molecule has 0 aromatic carbocycles. The van der Waals surface area contributed by atoms with Gasteiger partial charge < -0.3 is 4.74 Å². The Hall–Kier alpha value is -0.790. The van der Waals surface area contributed by atoms with Crippen LogP contribution < -0.4 is 0 Å². The lowest BCUT2D eigenvalue weighted by Gasteiger charge is -2.62. The Bertz CT molecular complexity index is 343. The van der Waals surface area contributed by atoms with Crippen molar-refractivity contribution < 1.29 is 9.53 Å². The summed E-state index contributed by atoms with van der Waals surface area (Å²) in [5, 5.41) is 0. The van der Waals surface area contributed by atoms with Crippen molar-refractivity contribution in [2.24, 2.45) is 23.7 Å². The van der Waals surface area contributed by atoms with Gasteiger partial charge in [0.1, 0.15) is 5.60 Å². The van der Waals surface area contributed by atoms with Crippen LogP contribution in [0.1, 0.15) is 32.1 Å². The molecule has 3 atom stereocenters. The topological polar surface area (TPSA) is 26.3 Å². The van der Waals surface area contributed by atoms with Crippen LogP contribution in [0, 0.1) is 23.7 Å². The summed E-state index contributed by atoms with van der Waals surface area (Å²) in [6.45, 7) is 3.82. The fraction of sp³-hybridized carbons (Fsp3) is 0.769. The molecule has 0 radical (unpaired) electrons. The molecule has 1 aliphatic heterocycles. The fourth-order valence-corrected chi connectivity index (χ4v) is 4.69. The van der Waals surface area contributed by atoms with E-state index >= 15 is 0 Å². The third kappa shape index (κ3) is 0.849. The van der Waals surface area contributed by atoms with E-state index in [1.165, 1.54) is 19.3 Å². The van der Waals surface area contributed by atoms with Gasteiger partial charge in [0, 0.05) is 12.0 Å². The lowest BCUT2D eigenvalue weighted by molar-refractivity contribution is -0.200. The lowest BCUT2D eigenvalue weighted by Crippen LogP contribution is -2.59. The monoisotopic (exact) mass is 204 g/mol. The first kappa shape index (κ1) is 8.37. The van der Waals surface area contributed by atoms with Gasteiger partial charge in [-0.15, -0.1) is 0 Å². The van der Waals surface area contributed by atoms with Crippen LogP contribution in [-0.4, -0.2) is 11.6 Å². The zero-order valence-corrected chi connectivity index (χ0v) is 8.87. The van der Waals surface area contributed by atoms with Crippen LogP contribution in [0.15, 0.2) is 12.2 Å². The van der Waals surface area contributed by atoms with E-state index in [0.29, 0.717) is 11.5 Å². The van der Waals surface area contributed by atoms with Crippen LogP contribution in [0.2, 0.25) is 0 Å². The number of esters is 1. The van der Waals surface area contributed by atoms with Crippen LogP contribution in [0.3, 0.4) is 0 Å². The highest BCUT2D eigenvalue weighted by atomic mass is 16.6. The van der Waals surface area contributed by atoms with E-state index in [4.69, 9.17) is 4.74 Å². The Kier molecular flexibility index (Phi) is 1.29. The number of hydrogen-bond acceptors (Lipinski definition) is 2. The zero-order chi connectivity index (χ0) is 10.2. The van der Waals surface area contributed by atoms with Gasteiger partial charge in [0.25, 0.3) is 0 Å². The molecule has 2 nitrogen and oxygen atoms in total. The summed E-state index contributed by atoms with van der Waals surface area (Å²) >= 11 is 0. The molecule has 1 saturated heterocycles. The molecule has 6 rings (SSSR count). The highest BCUT2D eigenvalue weighted by Gasteiger charge is 2.63. The highest BCUT2D eigenvalue weighted by Crippen LogP contribution is 2.66. The molecule has 4 bridgehead atoms. The quantitative estimate of drug-likeness (QED) is 0.447. The molecule has 1 heterocycles. The fourth-order valence-electron chi connectivity index (χ4n) is 4.69. The molecule has 5 saturated carbocycles. The lowest BCUT2D eigenvalue weighted by atomic mass is 9.44. The molecule has 80 valence electrons. The van der Waals surface area contributed by atoms with Gasteiger partial charge in [-0.3, -0.25) is 0 Å². The van der Waals surface area contributed by atoms with Gasteiger partial charge in [-0.2, -0.15) is 0 Å². The van der Waals surface area contributed by atoms with Crippen molar-refractivity contribution in [3.8, 4) is 0 Å². The first-order valence-electron chi connectivity index (χ1n) is 6.09. The van der Waals surface area contributed by atoms with Gasteiger partial charge in [-0.05, 0) is 49.4 Å². The molecule has 0 aromatic heterocycles. The molecule has 2 heteroatoms. The van der Waals surface area contributed by atoms with Gasteiger partial charge in [-0.1, -0.05) is 6.58 Å². The molecule has 5 aliphatic carbocycles. The van der Waals surface area contributed by atoms with Crippen LogP contribution in [0.5, 0.6) is 0 Å². The number of carbonyl (C=O) groups excluding carboxylic acids is 1. The van der Waals surface area contributed by atoms with Crippen molar-refractivity contribution in [3.63, 3.8) is 0 Å². The number of carbonyl (C=O) groups is 1. The summed E-state index contributed by atoms with van der Waals surface area (Å²) in [5.74, 6) is 3.32. The second-order valence-corrected chi connectivity index (χ2v) is 6.03. The van der Waals surface area contributed by atoms with Gasteiger partial charge >= 0.3 is 5.97 Å². The smallest absolute Gasteiger partial charge is 0.334 e. The van der Waals surface area contributed by atoms with Gasteiger partial charge in [0.05, 0.1) is 0 Å².